The van der Waals surface area contributed by atoms with Crippen LogP contribution in [0.2, 0.25) is 5.02 Å². The molecule has 1 aromatic carbocycles. The zero-order valence-corrected chi connectivity index (χ0v) is 14.8. The molecule has 0 radical (unpaired) electrons. The van der Waals surface area contributed by atoms with Gasteiger partial charge in [0.05, 0.1) is 0 Å². The van der Waals surface area contributed by atoms with Crippen molar-refractivity contribution in [2.45, 2.75) is 38.8 Å². The predicted molar refractivity (Wildman–Crippen MR) is 91.8 cm³/mol. The second-order valence-corrected chi connectivity index (χ2v) is 6.73. The highest BCUT2D eigenvalue weighted by Crippen LogP contribution is 2.27. The molecule has 0 bridgehead atoms. The molecule has 1 aromatic heterocycles. The molecule has 0 saturated carbocycles. The zero-order chi connectivity index (χ0) is 17.3. The molecule has 1 aliphatic heterocycles. The average Bonchev–Trinajstić information content (AvgIpc) is 2.85. The van der Waals surface area contributed by atoms with Crippen molar-refractivity contribution in [1.29, 1.82) is 0 Å². The Hall–Kier alpha value is -1.66. The van der Waals surface area contributed by atoms with E-state index in [1.165, 1.54) is 16.8 Å². The first-order valence-corrected chi connectivity index (χ1v) is 8.67. The van der Waals surface area contributed by atoms with Gasteiger partial charge in [-0.1, -0.05) is 17.7 Å². The third kappa shape index (κ3) is 3.39. The number of likely N-dealkylation sites (tertiary alicyclic amines) is 1. The van der Waals surface area contributed by atoms with Gasteiger partial charge in [-0.25, -0.2) is 13.9 Å². The SMILES string of the molecule is CCn1c([C@H]2CCCN(Cc3ccc(F)cc3Cl)C2)nn(C)c1=O. The minimum Gasteiger partial charge on any atom is -0.298 e. The van der Waals surface area contributed by atoms with Crippen molar-refractivity contribution in [2.24, 2.45) is 7.05 Å². The Morgan fingerprint density at radius 3 is 2.92 bits per heavy atom. The zero-order valence-electron chi connectivity index (χ0n) is 14.0. The molecule has 1 saturated heterocycles. The lowest BCUT2D eigenvalue weighted by molar-refractivity contribution is 0.194. The number of halogens is 2. The fourth-order valence-electron chi connectivity index (χ4n) is 3.42. The Morgan fingerprint density at radius 2 is 2.21 bits per heavy atom. The molecular formula is C17H22ClFN4O. The molecule has 1 fully saturated rings. The minimum absolute atomic E-state index is 0.0637. The molecule has 0 amide bonds. The largest absolute Gasteiger partial charge is 0.345 e. The van der Waals surface area contributed by atoms with Gasteiger partial charge >= 0.3 is 5.69 Å². The van der Waals surface area contributed by atoms with Crippen molar-refractivity contribution < 1.29 is 4.39 Å². The van der Waals surface area contributed by atoms with E-state index >= 15 is 0 Å². The van der Waals surface area contributed by atoms with E-state index in [-0.39, 0.29) is 17.4 Å². The van der Waals surface area contributed by atoms with Gasteiger partial charge in [-0.2, -0.15) is 5.10 Å². The third-order valence-corrected chi connectivity index (χ3v) is 4.98. The fourth-order valence-corrected chi connectivity index (χ4v) is 3.65. The lowest BCUT2D eigenvalue weighted by Gasteiger charge is -2.32. The third-order valence-electron chi connectivity index (χ3n) is 4.63. The maximum atomic E-state index is 13.2. The van der Waals surface area contributed by atoms with E-state index in [0.29, 0.717) is 18.1 Å². The molecule has 1 aliphatic rings. The van der Waals surface area contributed by atoms with E-state index < -0.39 is 0 Å². The number of hydrogen-bond donors (Lipinski definition) is 0. The van der Waals surface area contributed by atoms with Gasteiger partial charge in [-0.05, 0) is 44.0 Å². The summed E-state index contributed by atoms with van der Waals surface area (Å²) in [7, 11) is 1.69. The Bertz CT molecular complexity index is 785. The first kappa shape index (κ1) is 17.2. The van der Waals surface area contributed by atoms with Crippen LogP contribution in [0.5, 0.6) is 0 Å². The van der Waals surface area contributed by atoms with E-state index in [2.05, 4.69) is 10.00 Å². The van der Waals surface area contributed by atoms with Crippen LogP contribution in [0, 0.1) is 5.82 Å². The standard InChI is InChI=1S/C17H22ClFN4O/c1-3-23-16(20-21(2)17(23)24)13-5-4-8-22(11-13)10-12-6-7-14(19)9-15(12)18/h6-7,9,13H,3-5,8,10-11H2,1-2H3/t13-/m0/s1. The molecule has 5 nitrogen and oxygen atoms in total. The summed E-state index contributed by atoms with van der Waals surface area (Å²) in [5.74, 6) is 0.771. The van der Waals surface area contributed by atoms with Gasteiger partial charge in [0.2, 0.25) is 0 Å². The van der Waals surface area contributed by atoms with Gasteiger partial charge in [-0.15, -0.1) is 0 Å². The Morgan fingerprint density at radius 1 is 1.42 bits per heavy atom. The average molecular weight is 353 g/mol. The molecule has 2 aromatic rings. The highest BCUT2D eigenvalue weighted by atomic mass is 35.5. The summed E-state index contributed by atoms with van der Waals surface area (Å²) in [5, 5.41) is 4.90. The van der Waals surface area contributed by atoms with Crippen LogP contribution in [0.25, 0.3) is 0 Å². The van der Waals surface area contributed by atoms with E-state index in [9.17, 15) is 9.18 Å². The molecule has 1 atom stereocenters. The van der Waals surface area contributed by atoms with Crippen molar-refractivity contribution in [3.05, 3.63) is 50.9 Å². The van der Waals surface area contributed by atoms with Crippen molar-refractivity contribution in [3.63, 3.8) is 0 Å². The smallest absolute Gasteiger partial charge is 0.298 e. The van der Waals surface area contributed by atoms with Crippen molar-refractivity contribution >= 4 is 11.6 Å². The monoisotopic (exact) mass is 352 g/mol. The molecule has 0 aliphatic carbocycles. The molecule has 130 valence electrons. The molecule has 0 unspecified atom stereocenters. The van der Waals surface area contributed by atoms with Gasteiger partial charge < -0.3 is 0 Å². The van der Waals surface area contributed by atoms with Crippen LogP contribution in [0.4, 0.5) is 4.39 Å². The number of benzene rings is 1. The second kappa shape index (κ2) is 7.07. The van der Waals surface area contributed by atoms with E-state index in [4.69, 9.17) is 11.6 Å². The van der Waals surface area contributed by atoms with Crippen LogP contribution in [0.15, 0.2) is 23.0 Å². The van der Waals surface area contributed by atoms with Crippen LogP contribution in [0.3, 0.4) is 0 Å². The maximum absolute atomic E-state index is 13.2. The summed E-state index contributed by atoms with van der Waals surface area (Å²) in [6.45, 7) is 5.06. The highest BCUT2D eigenvalue weighted by Gasteiger charge is 2.26. The number of rotatable bonds is 4. The Labute approximate surface area is 145 Å². The number of nitrogens with zero attached hydrogens (tertiary/aromatic N) is 4. The van der Waals surface area contributed by atoms with Crippen molar-refractivity contribution in [3.8, 4) is 0 Å². The first-order chi connectivity index (χ1) is 11.5. The Balaban J connectivity index is 1.77. The Kier molecular flexibility index (Phi) is 5.06. The molecule has 7 heteroatoms. The summed E-state index contributed by atoms with van der Waals surface area (Å²) >= 11 is 6.15. The molecule has 0 N–H and O–H groups in total. The molecule has 3 rings (SSSR count). The van der Waals surface area contributed by atoms with Crippen LogP contribution in [-0.4, -0.2) is 32.3 Å². The van der Waals surface area contributed by atoms with E-state index in [1.54, 1.807) is 17.7 Å². The first-order valence-electron chi connectivity index (χ1n) is 8.29. The molecular weight excluding hydrogens is 331 g/mol. The van der Waals surface area contributed by atoms with Crippen LogP contribution in [-0.2, 0) is 20.1 Å². The lowest BCUT2D eigenvalue weighted by atomic mass is 9.96. The summed E-state index contributed by atoms with van der Waals surface area (Å²) in [4.78, 5) is 14.4. The van der Waals surface area contributed by atoms with Gasteiger partial charge in [-0.3, -0.25) is 9.47 Å². The quantitative estimate of drug-likeness (QED) is 0.849. The van der Waals surface area contributed by atoms with Crippen LogP contribution < -0.4 is 5.69 Å². The second-order valence-electron chi connectivity index (χ2n) is 6.32. The van der Waals surface area contributed by atoms with Gasteiger partial charge in [0, 0.05) is 37.6 Å². The highest BCUT2D eigenvalue weighted by molar-refractivity contribution is 6.31. The van der Waals surface area contributed by atoms with Crippen molar-refractivity contribution in [2.75, 3.05) is 13.1 Å². The predicted octanol–water partition coefficient (Wildman–Crippen LogP) is 2.77. The number of hydrogen-bond acceptors (Lipinski definition) is 3. The number of piperidine rings is 1. The summed E-state index contributed by atoms with van der Waals surface area (Å²) in [6.07, 6.45) is 2.06. The van der Waals surface area contributed by atoms with Gasteiger partial charge in [0.25, 0.3) is 0 Å². The van der Waals surface area contributed by atoms with E-state index in [1.807, 2.05) is 6.92 Å². The number of aryl methyl sites for hydroxylation is 1. The fraction of sp³-hybridized carbons (Fsp3) is 0.529. The normalized spacial score (nSPS) is 18.9. The number of aromatic nitrogens is 3. The summed E-state index contributed by atoms with van der Waals surface area (Å²) in [5.41, 5.74) is 0.860. The van der Waals surface area contributed by atoms with Gasteiger partial charge in [0.1, 0.15) is 11.6 Å². The van der Waals surface area contributed by atoms with Crippen LogP contribution >= 0.6 is 11.6 Å². The van der Waals surface area contributed by atoms with Gasteiger partial charge in [0.15, 0.2) is 0 Å². The lowest BCUT2D eigenvalue weighted by Crippen LogP contribution is -2.35. The maximum Gasteiger partial charge on any atom is 0.345 e. The van der Waals surface area contributed by atoms with Crippen molar-refractivity contribution in [1.82, 2.24) is 19.2 Å². The molecule has 24 heavy (non-hydrogen) atoms. The topological polar surface area (TPSA) is 43.1 Å². The molecule has 2 heterocycles. The summed E-state index contributed by atoms with van der Waals surface area (Å²) < 4.78 is 16.4. The van der Waals surface area contributed by atoms with Crippen LogP contribution in [0.1, 0.15) is 37.1 Å². The summed E-state index contributed by atoms with van der Waals surface area (Å²) in [6, 6.07) is 4.53. The van der Waals surface area contributed by atoms with E-state index in [0.717, 1.165) is 37.3 Å². The molecule has 0 spiro atoms. The minimum atomic E-state index is -0.319.